The SMILES string of the molecule is Cc1cc(Cl)cc(Oc2ccc(C#N)cc2S(=O)(=O)NC2CCN(C(=O)NCc3ccco3)CC2)c1. The van der Waals surface area contributed by atoms with E-state index in [2.05, 4.69) is 10.0 Å². The number of rotatable bonds is 7. The highest BCUT2D eigenvalue weighted by Gasteiger charge is 2.29. The number of nitrogens with zero attached hydrogens (tertiary/aromatic N) is 2. The molecule has 0 saturated carbocycles. The molecule has 1 fully saturated rings. The Labute approximate surface area is 214 Å². The molecule has 0 unspecified atom stereocenters. The van der Waals surface area contributed by atoms with Gasteiger partial charge in [0.2, 0.25) is 10.0 Å². The first kappa shape index (κ1) is 25.6. The summed E-state index contributed by atoms with van der Waals surface area (Å²) in [6, 6.07) is 14.2. The van der Waals surface area contributed by atoms with Crippen LogP contribution in [0.1, 0.15) is 29.7 Å². The third-order valence-corrected chi connectivity index (χ3v) is 7.46. The number of benzene rings is 2. The number of carbonyl (C=O) groups excluding carboxylic acids is 1. The highest BCUT2D eigenvalue weighted by molar-refractivity contribution is 7.89. The topological polar surface area (TPSA) is 125 Å². The van der Waals surface area contributed by atoms with Gasteiger partial charge >= 0.3 is 6.03 Å². The van der Waals surface area contributed by atoms with Gasteiger partial charge in [0.05, 0.1) is 24.4 Å². The Morgan fingerprint density at radius 3 is 2.67 bits per heavy atom. The lowest BCUT2D eigenvalue weighted by Crippen LogP contribution is -2.49. The molecule has 188 valence electrons. The highest BCUT2D eigenvalue weighted by Crippen LogP contribution is 2.32. The number of amides is 2. The van der Waals surface area contributed by atoms with Crippen molar-refractivity contribution in [1.29, 1.82) is 5.26 Å². The molecule has 2 N–H and O–H groups in total. The number of ether oxygens (including phenoxy) is 1. The van der Waals surface area contributed by atoms with Gasteiger partial charge < -0.3 is 19.4 Å². The molecule has 1 aliphatic heterocycles. The van der Waals surface area contributed by atoms with E-state index in [0.717, 1.165) is 5.56 Å². The van der Waals surface area contributed by atoms with Gasteiger partial charge in [-0.1, -0.05) is 11.6 Å². The summed E-state index contributed by atoms with van der Waals surface area (Å²) in [6.07, 6.45) is 2.42. The molecular weight excluding hydrogens is 504 g/mol. The Hall–Kier alpha value is -3.52. The number of furan rings is 1. The van der Waals surface area contributed by atoms with Crippen LogP contribution in [0.5, 0.6) is 11.5 Å². The van der Waals surface area contributed by atoms with Crippen LogP contribution in [0, 0.1) is 18.3 Å². The Balaban J connectivity index is 1.43. The summed E-state index contributed by atoms with van der Waals surface area (Å²) in [4.78, 5) is 13.9. The second-order valence-corrected chi connectivity index (χ2v) is 10.6. The van der Waals surface area contributed by atoms with Crippen LogP contribution in [0.25, 0.3) is 0 Å². The summed E-state index contributed by atoms with van der Waals surface area (Å²) in [5.74, 6) is 1.12. The third-order valence-electron chi connectivity index (χ3n) is 5.70. The summed E-state index contributed by atoms with van der Waals surface area (Å²) in [7, 11) is -4.03. The molecule has 3 aromatic rings. The Bertz CT molecular complexity index is 1360. The van der Waals surface area contributed by atoms with E-state index in [9.17, 15) is 18.5 Å². The number of carbonyl (C=O) groups is 1. The van der Waals surface area contributed by atoms with Gasteiger partial charge in [0.25, 0.3) is 0 Å². The average molecular weight is 529 g/mol. The summed E-state index contributed by atoms with van der Waals surface area (Å²) in [5.41, 5.74) is 1.04. The monoisotopic (exact) mass is 528 g/mol. The summed E-state index contributed by atoms with van der Waals surface area (Å²) in [6.45, 7) is 2.91. The first-order valence-corrected chi connectivity index (χ1v) is 13.2. The van der Waals surface area contributed by atoms with Crippen LogP contribution >= 0.6 is 11.6 Å². The molecule has 0 radical (unpaired) electrons. The molecule has 36 heavy (non-hydrogen) atoms. The van der Waals surface area contributed by atoms with Crippen molar-refractivity contribution in [2.75, 3.05) is 13.1 Å². The molecule has 0 spiro atoms. The third kappa shape index (κ3) is 6.37. The number of nitrogens with one attached hydrogen (secondary N) is 2. The fourth-order valence-corrected chi connectivity index (χ4v) is 5.67. The van der Waals surface area contributed by atoms with Crippen LogP contribution in [-0.2, 0) is 16.6 Å². The smallest absolute Gasteiger partial charge is 0.317 e. The van der Waals surface area contributed by atoms with E-state index >= 15 is 0 Å². The Kier molecular flexibility index (Phi) is 7.84. The fourth-order valence-electron chi connectivity index (χ4n) is 3.93. The number of piperidine rings is 1. The van der Waals surface area contributed by atoms with E-state index in [4.69, 9.17) is 20.8 Å². The number of likely N-dealkylation sites (tertiary alicyclic amines) is 1. The minimum absolute atomic E-state index is 0.0814. The van der Waals surface area contributed by atoms with Crippen LogP contribution in [-0.4, -0.2) is 38.5 Å². The van der Waals surface area contributed by atoms with E-state index in [1.165, 1.54) is 24.5 Å². The predicted octanol–water partition coefficient (Wildman–Crippen LogP) is 4.56. The van der Waals surface area contributed by atoms with Crippen LogP contribution in [0.4, 0.5) is 4.79 Å². The molecular formula is C25H25ClN4O5S. The van der Waals surface area contributed by atoms with Crippen molar-refractivity contribution in [3.05, 3.63) is 76.7 Å². The lowest BCUT2D eigenvalue weighted by molar-refractivity contribution is 0.178. The van der Waals surface area contributed by atoms with Gasteiger partial charge in [0, 0.05) is 24.2 Å². The van der Waals surface area contributed by atoms with Gasteiger partial charge in [-0.05, 0) is 73.9 Å². The zero-order chi connectivity index (χ0) is 25.7. The van der Waals surface area contributed by atoms with Gasteiger partial charge in [-0.3, -0.25) is 0 Å². The summed E-state index contributed by atoms with van der Waals surface area (Å²) < 4.78 is 40.5. The van der Waals surface area contributed by atoms with Crippen molar-refractivity contribution in [2.24, 2.45) is 0 Å². The fraction of sp³-hybridized carbons (Fsp3) is 0.280. The quantitative estimate of drug-likeness (QED) is 0.463. The van der Waals surface area contributed by atoms with E-state index in [1.807, 2.05) is 13.0 Å². The van der Waals surface area contributed by atoms with Crippen LogP contribution < -0.4 is 14.8 Å². The van der Waals surface area contributed by atoms with Crippen LogP contribution in [0.15, 0.2) is 64.1 Å². The Morgan fingerprint density at radius 1 is 1.22 bits per heavy atom. The molecule has 0 bridgehead atoms. The van der Waals surface area contributed by atoms with E-state index in [1.54, 1.807) is 35.2 Å². The predicted molar refractivity (Wildman–Crippen MR) is 133 cm³/mol. The second kappa shape index (κ2) is 11.0. The lowest BCUT2D eigenvalue weighted by Gasteiger charge is -2.32. The zero-order valence-electron chi connectivity index (χ0n) is 19.5. The number of urea groups is 1. The van der Waals surface area contributed by atoms with E-state index < -0.39 is 10.0 Å². The molecule has 2 aromatic carbocycles. The van der Waals surface area contributed by atoms with Crippen molar-refractivity contribution >= 4 is 27.7 Å². The van der Waals surface area contributed by atoms with Gasteiger partial charge in [-0.15, -0.1) is 0 Å². The molecule has 1 saturated heterocycles. The number of hydrogen-bond acceptors (Lipinski definition) is 6. The first-order valence-electron chi connectivity index (χ1n) is 11.3. The van der Waals surface area contributed by atoms with E-state index in [-0.39, 0.29) is 34.8 Å². The number of halogens is 1. The zero-order valence-corrected chi connectivity index (χ0v) is 21.1. The van der Waals surface area contributed by atoms with Gasteiger partial charge in [-0.25, -0.2) is 17.9 Å². The standard InChI is InChI=1S/C25H25ClN4O5S/c1-17-11-19(26)14-22(12-17)35-23-5-4-18(15-27)13-24(23)36(32,33)29-20-6-8-30(9-7-20)25(31)28-16-21-3-2-10-34-21/h2-5,10-14,20,29H,6-9,16H2,1H3,(H,28,31). The molecule has 2 heterocycles. The minimum atomic E-state index is -4.03. The molecule has 4 rings (SSSR count). The number of aryl methyl sites for hydroxylation is 1. The van der Waals surface area contributed by atoms with Crippen LogP contribution in [0.3, 0.4) is 0 Å². The highest BCUT2D eigenvalue weighted by atomic mass is 35.5. The van der Waals surface area contributed by atoms with Gasteiger partial charge in [-0.2, -0.15) is 5.26 Å². The molecule has 9 nitrogen and oxygen atoms in total. The van der Waals surface area contributed by atoms with Crippen molar-refractivity contribution in [2.45, 2.75) is 37.2 Å². The summed E-state index contributed by atoms with van der Waals surface area (Å²) >= 11 is 6.11. The number of nitriles is 1. The van der Waals surface area contributed by atoms with Gasteiger partial charge in [0.1, 0.15) is 22.2 Å². The van der Waals surface area contributed by atoms with Crippen molar-refractivity contribution in [1.82, 2.24) is 14.9 Å². The molecule has 0 atom stereocenters. The lowest BCUT2D eigenvalue weighted by atomic mass is 10.1. The van der Waals surface area contributed by atoms with Crippen molar-refractivity contribution in [3.63, 3.8) is 0 Å². The Morgan fingerprint density at radius 2 is 2.00 bits per heavy atom. The maximum Gasteiger partial charge on any atom is 0.317 e. The first-order chi connectivity index (χ1) is 17.2. The summed E-state index contributed by atoms with van der Waals surface area (Å²) in [5, 5.41) is 12.6. The number of sulfonamides is 1. The van der Waals surface area contributed by atoms with Crippen LogP contribution in [0.2, 0.25) is 5.02 Å². The van der Waals surface area contributed by atoms with E-state index in [0.29, 0.717) is 42.5 Å². The second-order valence-electron chi connectivity index (χ2n) is 8.46. The normalized spacial score (nSPS) is 14.3. The van der Waals surface area contributed by atoms with Gasteiger partial charge in [0.15, 0.2) is 0 Å². The van der Waals surface area contributed by atoms with Crippen molar-refractivity contribution < 1.29 is 22.4 Å². The largest absolute Gasteiger partial charge is 0.467 e. The maximum absolute atomic E-state index is 13.3. The van der Waals surface area contributed by atoms with Crippen molar-refractivity contribution in [3.8, 4) is 17.6 Å². The minimum Gasteiger partial charge on any atom is -0.467 e. The molecule has 2 amide bonds. The average Bonchev–Trinajstić information content (AvgIpc) is 3.36. The molecule has 0 aliphatic carbocycles. The molecule has 1 aromatic heterocycles. The molecule has 11 heteroatoms. The molecule has 1 aliphatic rings. The number of hydrogen-bond donors (Lipinski definition) is 2. The maximum atomic E-state index is 13.3.